The summed E-state index contributed by atoms with van der Waals surface area (Å²) in [4.78, 5) is -0.110. The summed E-state index contributed by atoms with van der Waals surface area (Å²) < 4.78 is 26.3. The predicted molar refractivity (Wildman–Crippen MR) is 97.6 cm³/mol. The van der Waals surface area contributed by atoms with Crippen LogP contribution in [0.15, 0.2) is 58.3 Å². The van der Waals surface area contributed by atoms with Gasteiger partial charge in [0.25, 0.3) is 0 Å². The van der Waals surface area contributed by atoms with Gasteiger partial charge in [0.05, 0.1) is 21.9 Å². The number of hydrogen-bond donors (Lipinski definition) is 0. The molecule has 0 N–H and O–H groups in total. The van der Waals surface area contributed by atoms with E-state index in [1.54, 1.807) is 0 Å². The molecular weight excluding hydrogens is 379 g/mol. The second kappa shape index (κ2) is 8.00. The zero-order valence-electron chi connectivity index (χ0n) is 12.6. The lowest BCUT2D eigenvalue weighted by Crippen LogP contribution is -2.06. The fraction of sp³-hybridized carbons (Fsp3) is 0. The van der Waals surface area contributed by atoms with E-state index in [0.717, 1.165) is 12.2 Å². The average Bonchev–Trinajstić information content (AvgIpc) is 2.59. The lowest BCUT2D eigenvalue weighted by molar-refractivity contribution is 0.596. The van der Waals surface area contributed by atoms with E-state index < -0.39 is 9.84 Å². The molecule has 0 aliphatic carbocycles. The number of rotatable bonds is 4. The largest absolute Gasteiger partial charge is 0.218 e. The molecule has 25 heavy (non-hydrogen) atoms. The summed E-state index contributed by atoms with van der Waals surface area (Å²) in [6.45, 7) is 0. The van der Waals surface area contributed by atoms with Gasteiger partial charge in [-0.05, 0) is 36.4 Å². The third-order valence-electron chi connectivity index (χ3n) is 3.25. The van der Waals surface area contributed by atoms with Crippen LogP contribution < -0.4 is 0 Å². The average molecular weight is 389 g/mol. The van der Waals surface area contributed by atoms with Gasteiger partial charge in [-0.2, -0.15) is 10.5 Å². The molecule has 0 aliphatic rings. The van der Waals surface area contributed by atoms with Crippen LogP contribution in [-0.2, 0) is 9.84 Å². The molecule has 0 heterocycles. The Morgan fingerprint density at radius 1 is 0.800 bits per heavy atom. The highest BCUT2D eigenvalue weighted by Crippen LogP contribution is 2.34. The van der Waals surface area contributed by atoms with Crippen molar-refractivity contribution in [2.45, 2.75) is 9.79 Å². The third kappa shape index (κ3) is 3.92. The van der Waals surface area contributed by atoms with Crippen molar-refractivity contribution >= 4 is 45.2 Å². The van der Waals surface area contributed by atoms with Gasteiger partial charge in [0.1, 0.15) is 0 Å². The van der Waals surface area contributed by atoms with E-state index in [9.17, 15) is 8.42 Å². The van der Waals surface area contributed by atoms with Crippen molar-refractivity contribution in [2.24, 2.45) is 0 Å². The van der Waals surface area contributed by atoms with Gasteiger partial charge in [-0.3, -0.25) is 0 Å². The number of nitriles is 2. The number of allylic oxidation sites excluding steroid dienone is 2. The molecule has 0 saturated carbocycles. The first-order chi connectivity index (χ1) is 11.9. The van der Waals surface area contributed by atoms with Crippen LogP contribution in [0.2, 0.25) is 10.0 Å². The number of hydrogen-bond acceptors (Lipinski definition) is 4. The summed E-state index contributed by atoms with van der Waals surface area (Å²) in [6.07, 6.45) is 4.97. The molecule has 0 spiro atoms. The van der Waals surface area contributed by atoms with Crippen LogP contribution in [0.5, 0.6) is 0 Å². The normalized spacial score (nSPS) is 11.5. The quantitative estimate of drug-likeness (QED) is 0.697. The molecule has 0 radical (unpaired) electrons. The molecule has 2 aromatic carbocycles. The lowest BCUT2D eigenvalue weighted by atomic mass is 10.2. The molecule has 4 nitrogen and oxygen atoms in total. The Balaban J connectivity index is 2.79. The Kier molecular flexibility index (Phi) is 6.01. The van der Waals surface area contributed by atoms with Gasteiger partial charge < -0.3 is 0 Å². The molecule has 2 aromatic rings. The first kappa shape index (κ1) is 18.8. The highest BCUT2D eigenvalue weighted by atomic mass is 35.5. The standard InChI is InChI=1S/C18H10Cl2N2O2S/c19-15-7-1-9-17(13(15)5-3-11-21)25(23,24)18-10-2-8-16(20)14(18)6-4-12-22/h1-10H. The Bertz CT molecular complexity index is 980. The van der Waals surface area contributed by atoms with Crippen LogP contribution in [-0.4, -0.2) is 8.42 Å². The number of sulfone groups is 1. The van der Waals surface area contributed by atoms with Crippen LogP contribution >= 0.6 is 23.2 Å². The molecule has 0 unspecified atom stereocenters. The zero-order valence-corrected chi connectivity index (χ0v) is 15.0. The van der Waals surface area contributed by atoms with Crippen LogP contribution in [0.25, 0.3) is 12.2 Å². The second-order valence-electron chi connectivity index (χ2n) is 4.73. The van der Waals surface area contributed by atoms with E-state index in [1.807, 2.05) is 12.1 Å². The first-order valence-electron chi connectivity index (χ1n) is 6.88. The Labute approximate surface area is 155 Å². The van der Waals surface area contributed by atoms with Gasteiger partial charge >= 0.3 is 0 Å². The van der Waals surface area contributed by atoms with Crippen LogP contribution in [0.1, 0.15) is 11.1 Å². The summed E-state index contributed by atoms with van der Waals surface area (Å²) in [5.74, 6) is 0. The second-order valence-corrected chi connectivity index (χ2v) is 7.43. The van der Waals surface area contributed by atoms with E-state index in [1.165, 1.54) is 48.6 Å². The molecule has 0 bridgehead atoms. The molecule has 0 aromatic heterocycles. The highest BCUT2D eigenvalue weighted by molar-refractivity contribution is 7.91. The Hall–Kier alpha value is -2.57. The summed E-state index contributed by atoms with van der Waals surface area (Å²) >= 11 is 12.2. The third-order valence-corrected chi connectivity index (χ3v) is 5.78. The maximum Gasteiger partial charge on any atom is 0.207 e. The van der Waals surface area contributed by atoms with E-state index >= 15 is 0 Å². The van der Waals surface area contributed by atoms with Crippen LogP contribution in [0.3, 0.4) is 0 Å². The molecule has 2 rings (SSSR count). The summed E-state index contributed by atoms with van der Waals surface area (Å²) in [7, 11) is -4.00. The first-order valence-corrected chi connectivity index (χ1v) is 9.12. The fourth-order valence-corrected chi connectivity index (χ4v) is 4.46. The molecule has 0 fully saturated rings. The summed E-state index contributed by atoms with van der Waals surface area (Å²) in [5, 5.41) is 17.8. The predicted octanol–water partition coefficient (Wildman–Crippen LogP) is 4.90. The topological polar surface area (TPSA) is 81.7 Å². The van der Waals surface area contributed by atoms with Crippen molar-refractivity contribution in [3.8, 4) is 12.1 Å². The van der Waals surface area contributed by atoms with Gasteiger partial charge in [0, 0.05) is 33.3 Å². The van der Waals surface area contributed by atoms with Crippen molar-refractivity contribution < 1.29 is 8.42 Å². The van der Waals surface area contributed by atoms with Crippen LogP contribution in [0, 0.1) is 22.7 Å². The zero-order chi connectivity index (χ0) is 18.4. The van der Waals surface area contributed by atoms with E-state index in [4.69, 9.17) is 33.7 Å². The minimum Gasteiger partial charge on any atom is -0.218 e. The molecule has 0 atom stereocenters. The SMILES string of the molecule is N#CC=Cc1c(Cl)cccc1S(=O)(=O)c1cccc(Cl)c1C=CC#N. The van der Waals surface area contributed by atoms with Gasteiger partial charge in [-0.15, -0.1) is 0 Å². The number of halogens is 2. The number of benzene rings is 2. The number of nitrogens with zero attached hydrogens (tertiary/aromatic N) is 2. The Morgan fingerprint density at radius 3 is 1.56 bits per heavy atom. The van der Waals surface area contributed by atoms with Crippen molar-refractivity contribution in [1.29, 1.82) is 10.5 Å². The minimum absolute atomic E-state index is 0.0552. The summed E-state index contributed by atoms with van der Waals surface area (Å²) in [6, 6.07) is 12.5. The van der Waals surface area contributed by atoms with Crippen molar-refractivity contribution in [3.05, 3.63) is 69.7 Å². The lowest BCUT2D eigenvalue weighted by Gasteiger charge is -2.12. The highest BCUT2D eigenvalue weighted by Gasteiger charge is 2.25. The monoisotopic (exact) mass is 388 g/mol. The Morgan fingerprint density at radius 2 is 1.20 bits per heavy atom. The van der Waals surface area contributed by atoms with Gasteiger partial charge in [0.2, 0.25) is 9.84 Å². The molecule has 0 saturated heterocycles. The molecular formula is C18H10Cl2N2O2S. The maximum atomic E-state index is 13.2. The molecule has 7 heteroatoms. The molecule has 124 valence electrons. The minimum atomic E-state index is -4.00. The maximum absolute atomic E-state index is 13.2. The fourth-order valence-electron chi connectivity index (χ4n) is 2.19. The van der Waals surface area contributed by atoms with E-state index in [2.05, 4.69) is 0 Å². The van der Waals surface area contributed by atoms with Gasteiger partial charge in [-0.1, -0.05) is 35.3 Å². The molecule has 0 amide bonds. The van der Waals surface area contributed by atoms with Crippen LogP contribution in [0.4, 0.5) is 0 Å². The van der Waals surface area contributed by atoms with Crippen molar-refractivity contribution in [1.82, 2.24) is 0 Å². The summed E-state index contributed by atoms with van der Waals surface area (Å²) in [5.41, 5.74) is 0.418. The van der Waals surface area contributed by atoms with Gasteiger partial charge in [-0.25, -0.2) is 8.42 Å². The van der Waals surface area contributed by atoms with E-state index in [0.29, 0.717) is 0 Å². The molecule has 0 aliphatic heterocycles. The van der Waals surface area contributed by atoms with E-state index in [-0.39, 0.29) is 31.0 Å². The van der Waals surface area contributed by atoms with Gasteiger partial charge in [0.15, 0.2) is 0 Å². The van der Waals surface area contributed by atoms with Crippen molar-refractivity contribution in [2.75, 3.05) is 0 Å². The smallest absolute Gasteiger partial charge is 0.207 e. The van der Waals surface area contributed by atoms with Crippen molar-refractivity contribution in [3.63, 3.8) is 0 Å².